The van der Waals surface area contributed by atoms with E-state index in [0.717, 1.165) is 5.56 Å². The van der Waals surface area contributed by atoms with E-state index in [1.807, 2.05) is 30.3 Å². The maximum absolute atomic E-state index is 12.6. The number of hydrogen-bond acceptors (Lipinski definition) is 7. The number of aromatic nitrogens is 3. The maximum Gasteiger partial charge on any atom is 0.338 e. The average Bonchev–Trinajstić information content (AvgIpc) is 3.29. The van der Waals surface area contributed by atoms with E-state index in [1.54, 1.807) is 31.2 Å². The lowest BCUT2D eigenvalue weighted by molar-refractivity contribution is -0.116. The van der Waals surface area contributed by atoms with Gasteiger partial charge in [0.15, 0.2) is 11.0 Å². The van der Waals surface area contributed by atoms with Gasteiger partial charge in [-0.25, -0.2) is 9.78 Å². The summed E-state index contributed by atoms with van der Waals surface area (Å²) in [6, 6.07) is 15.8. The van der Waals surface area contributed by atoms with Gasteiger partial charge in [0.05, 0.1) is 12.2 Å². The Morgan fingerprint density at radius 1 is 1.13 bits per heavy atom. The third-order valence-electron chi connectivity index (χ3n) is 4.39. The number of rotatable bonds is 6. The van der Waals surface area contributed by atoms with Crippen molar-refractivity contribution >= 4 is 35.2 Å². The quantitative estimate of drug-likeness (QED) is 0.608. The van der Waals surface area contributed by atoms with Gasteiger partial charge in [0, 0.05) is 17.7 Å². The van der Waals surface area contributed by atoms with Gasteiger partial charge in [0.1, 0.15) is 5.25 Å². The predicted molar refractivity (Wildman–Crippen MR) is 111 cm³/mol. The Hall–Kier alpha value is -3.46. The molecule has 2 aromatic carbocycles. The molecule has 1 aromatic heterocycles. The van der Waals surface area contributed by atoms with Crippen LogP contribution in [0.5, 0.6) is 0 Å². The van der Waals surface area contributed by atoms with Crippen LogP contribution in [0.3, 0.4) is 0 Å². The van der Waals surface area contributed by atoms with Gasteiger partial charge in [-0.2, -0.15) is 4.68 Å². The summed E-state index contributed by atoms with van der Waals surface area (Å²) in [7, 11) is 0. The van der Waals surface area contributed by atoms with Gasteiger partial charge in [0.2, 0.25) is 5.91 Å². The van der Waals surface area contributed by atoms with Crippen molar-refractivity contribution in [1.82, 2.24) is 14.8 Å². The number of thioether (sulfide) groups is 1. The first-order valence-electron chi connectivity index (χ1n) is 9.35. The fourth-order valence-corrected chi connectivity index (χ4v) is 4.01. The number of esters is 1. The van der Waals surface area contributed by atoms with Crippen molar-refractivity contribution in [3.63, 3.8) is 0 Å². The van der Waals surface area contributed by atoms with Crippen LogP contribution in [0.2, 0.25) is 0 Å². The molecule has 0 saturated carbocycles. The third kappa shape index (κ3) is 4.11. The normalized spacial score (nSPS) is 15.0. The molecule has 1 aliphatic rings. The molecule has 0 fully saturated rings. The molecule has 1 atom stereocenters. The summed E-state index contributed by atoms with van der Waals surface area (Å²) in [6.45, 7) is 2.03. The van der Waals surface area contributed by atoms with Crippen LogP contribution in [-0.4, -0.2) is 44.4 Å². The van der Waals surface area contributed by atoms with Crippen LogP contribution < -0.4 is 5.32 Å². The monoisotopic (exact) mass is 422 g/mol. The number of amides is 1. The van der Waals surface area contributed by atoms with E-state index in [-0.39, 0.29) is 18.2 Å². The highest BCUT2D eigenvalue weighted by molar-refractivity contribution is 8.00. The Balaban J connectivity index is 1.36. The van der Waals surface area contributed by atoms with Gasteiger partial charge in [0.25, 0.3) is 5.91 Å². The number of ether oxygens (including phenoxy) is 1. The summed E-state index contributed by atoms with van der Waals surface area (Å²) in [5, 5.41) is 6.92. The van der Waals surface area contributed by atoms with Crippen molar-refractivity contribution < 1.29 is 19.1 Å². The number of carbonyl (C=O) groups is 3. The van der Waals surface area contributed by atoms with Gasteiger partial charge < -0.3 is 10.1 Å². The highest BCUT2D eigenvalue weighted by atomic mass is 32.2. The topological polar surface area (TPSA) is 103 Å². The molecular weight excluding hydrogens is 404 g/mol. The van der Waals surface area contributed by atoms with Crippen molar-refractivity contribution in [1.29, 1.82) is 0 Å². The highest BCUT2D eigenvalue weighted by Crippen LogP contribution is 2.34. The summed E-state index contributed by atoms with van der Waals surface area (Å²) in [4.78, 5) is 41.1. The predicted octanol–water partition coefficient (Wildman–Crippen LogP) is 3.27. The molecule has 0 saturated heterocycles. The van der Waals surface area contributed by atoms with E-state index < -0.39 is 11.2 Å². The molecule has 1 aliphatic heterocycles. The zero-order valence-corrected chi connectivity index (χ0v) is 16.9. The van der Waals surface area contributed by atoms with E-state index in [4.69, 9.17) is 4.74 Å². The third-order valence-corrected chi connectivity index (χ3v) is 5.52. The molecule has 1 N–H and O–H groups in total. The fourth-order valence-electron chi connectivity index (χ4n) is 2.95. The van der Waals surface area contributed by atoms with Crippen molar-refractivity contribution in [2.24, 2.45) is 0 Å². The molecule has 4 rings (SSSR count). The molecule has 1 amide bonds. The Bertz CT molecular complexity index is 1100. The van der Waals surface area contributed by atoms with Gasteiger partial charge in [-0.1, -0.05) is 42.1 Å². The number of nitrogens with one attached hydrogen (secondary N) is 1. The van der Waals surface area contributed by atoms with E-state index in [1.165, 1.54) is 16.4 Å². The summed E-state index contributed by atoms with van der Waals surface area (Å²) in [5.41, 5.74) is 1.76. The Labute approximate surface area is 176 Å². The lowest BCUT2D eigenvalue weighted by Crippen LogP contribution is -2.25. The summed E-state index contributed by atoms with van der Waals surface area (Å²) in [6.07, 6.45) is -0.00512. The number of hydrogen-bond donors (Lipinski definition) is 1. The molecule has 152 valence electrons. The molecule has 8 nitrogen and oxygen atoms in total. The maximum atomic E-state index is 12.6. The molecule has 2 heterocycles. The Morgan fingerprint density at radius 2 is 1.87 bits per heavy atom. The average molecular weight is 422 g/mol. The zero-order chi connectivity index (χ0) is 21.1. The minimum absolute atomic E-state index is 0.00512. The smallest absolute Gasteiger partial charge is 0.338 e. The first kappa shape index (κ1) is 19.8. The minimum Gasteiger partial charge on any atom is -0.462 e. The van der Waals surface area contributed by atoms with Crippen LogP contribution in [0, 0.1) is 0 Å². The molecule has 0 radical (unpaired) electrons. The fraction of sp³-hybridized carbons (Fsp3) is 0.190. The molecule has 0 aliphatic carbocycles. The number of nitrogens with zero attached hydrogens (tertiary/aromatic N) is 3. The molecule has 0 bridgehead atoms. The minimum atomic E-state index is -0.580. The Kier molecular flexibility index (Phi) is 5.62. The van der Waals surface area contributed by atoms with Crippen LogP contribution in [-0.2, 0) is 9.53 Å². The van der Waals surface area contributed by atoms with Gasteiger partial charge >= 0.3 is 5.97 Å². The molecule has 3 aromatic rings. The van der Waals surface area contributed by atoms with Gasteiger partial charge in [-0.05, 0) is 31.2 Å². The lowest BCUT2D eigenvalue weighted by atomic mass is 10.2. The van der Waals surface area contributed by atoms with Gasteiger partial charge in [-0.3, -0.25) is 9.59 Å². The Morgan fingerprint density at radius 3 is 2.53 bits per heavy atom. The van der Waals surface area contributed by atoms with Crippen LogP contribution >= 0.6 is 11.8 Å². The molecule has 1 unspecified atom stereocenters. The largest absolute Gasteiger partial charge is 0.462 e. The second kappa shape index (κ2) is 8.50. The first-order valence-corrected chi connectivity index (χ1v) is 10.2. The van der Waals surface area contributed by atoms with Crippen LogP contribution in [0.25, 0.3) is 11.4 Å². The molecule has 0 spiro atoms. The second-order valence-electron chi connectivity index (χ2n) is 6.49. The first-order chi connectivity index (χ1) is 14.5. The van der Waals surface area contributed by atoms with E-state index in [0.29, 0.717) is 28.8 Å². The van der Waals surface area contributed by atoms with Crippen LogP contribution in [0.4, 0.5) is 5.69 Å². The van der Waals surface area contributed by atoms with E-state index in [2.05, 4.69) is 15.4 Å². The summed E-state index contributed by atoms with van der Waals surface area (Å²) in [5.74, 6) is -0.507. The van der Waals surface area contributed by atoms with Crippen molar-refractivity contribution in [3.8, 4) is 11.4 Å². The van der Waals surface area contributed by atoms with Crippen molar-refractivity contribution in [3.05, 3.63) is 60.2 Å². The molecule has 9 heteroatoms. The van der Waals surface area contributed by atoms with E-state index in [9.17, 15) is 14.4 Å². The second-order valence-corrected chi connectivity index (χ2v) is 7.66. The molecular formula is C21H18N4O4S. The molecule has 30 heavy (non-hydrogen) atoms. The highest BCUT2D eigenvalue weighted by Gasteiger charge is 2.36. The van der Waals surface area contributed by atoms with Crippen LogP contribution in [0.1, 0.15) is 28.5 Å². The SMILES string of the molecule is CCOC(=O)c1ccc(NC(=O)CC2Sc3nc(-c4ccccc4)nn3C2=O)cc1. The summed E-state index contributed by atoms with van der Waals surface area (Å²) < 4.78 is 6.19. The number of fused-ring (bicyclic) bond motifs is 1. The van der Waals surface area contributed by atoms with Crippen molar-refractivity contribution in [2.75, 3.05) is 11.9 Å². The number of carbonyl (C=O) groups excluding carboxylic acids is 3. The standard InChI is InChI=1S/C21H18N4O4S/c1-2-29-20(28)14-8-10-15(11-9-14)22-17(26)12-16-19(27)25-21(30-16)23-18(24-25)13-6-4-3-5-7-13/h3-11,16H,2,12H2,1H3,(H,22,26). The lowest BCUT2D eigenvalue weighted by Gasteiger charge is -2.09. The zero-order valence-electron chi connectivity index (χ0n) is 16.1. The number of anilines is 1. The van der Waals surface area contributed by atoms with Crippen molar-refractivity contribution in [2.45, 2.75) is 23.8 Å². The number of benzene rings is 2. The van der Waals surface area contributed by atoms with Gasteiger partial charge in [-0.15, -0.1) is 5.10 Å². The van der Waals surface area contributed by atoms with Crippen LogP contribution in [0.15, 0.2) is 59.8 Å². The van der Waals surface area contributed by atoms with E-state index >= 15 is 0 Å². The summed E-state index contributed by atoms with van der Waals surface area (Å²) >= 11 is 1.23.